The zero-order valence-electron chi connectivity index (χ0n) is 8.77. The lowest BCUT2D eigenvalue weighted by Gasteiger charge is -1.99. The number of amides is 1. The molecule has 1 aromatic heterocycles. The fourth-order valence-electron chi connectivity index (χ4n) is 1.66. The maximum Gasteiger partial charge on any atom is 0.284 e. The van der Waals surface area contributed by atoms with Gasteiger partial charge in [0.05, 0.1) is 11.9 Å². The predicted molar refractivity (Wildman–Crippen MR) is 58.7 cm³/mol. The molecule has 0 radical (unpaired) electrons. The number of nitrogens with one attached hydrogen (secondary N) is 1. The van der Waals surface area contributed by atoms with Crippen molar-refractivity contribution >= 4 is 5.91 Å². The molecule has 0 fully saturated rings. The summed E-state index contributed by atoms with van der Waals surface area (Å²) in [7, 11) is 0. The molecule has 3 N–H and O–H groups in total. The molecule has 1 amide bonds. The van der Waals surface area contributed by atoms with Gasteiger partial charge >= 0.3 is 0 Å². The van der Waals surface area contributed by atoms with E-state index in [4.69, 9.17) is 15.2 Å². The highest BCUT2D eigenvalue weighted by Crippen LogP contribution is 2.35. The van der Waals surface area contributed by atoms with Crippen LogP contribution in [0.3, 0.4) is 0 Å². The fourth-order valence-corrected chi connectivity index (χ4v) is 1.66. The average Bonchev–Trinajstić information content (AvgIpc) is 2.97. The molecule has 17 heavy (non-hydrogen) atoms. The number of carbonyl (C=O) groups excluding carboxylic acids is 1. The normalized spacial score (nSPS) is 12.7. The standard InChI is InChI=1S/C11H9N3O3/c12-10(15)11-13-4-7(14-11)6-1-2-8-9(3-6)17-5-16-8/h1-4H,5H2,(H2,12,15)(H,13,14). The molecule has 1 aliphatic rings. The number of aromatic amines is 1. The lowest BCUT2D eigenvalue weighted by molar-refractivity contribution is 0.0991. The van der Waals surface area contributed by atoms with Gasteiger partial charge in [0.25, 0.3) is 5.91 Å². The van der Waals surface area contributed by atoms with Gasteiger partial charge in [0, 0.05) is 5.56 Å². The van der Waals surface area contributed by atoms with E-state index >= 15 is 0 Å². The molecule has 6 nitrogen and oxygen atoms in total. The van der Waals surface area contributed by atoms with E-state index in [-0.39, 0.29) is 12.6 Å². The van der Waals surface area contributed by atoms with E-state index in [2.05, 4.69) is 9.97 Å². The number of ether oxygens (including phenoxy) is 2. The van der Waals surface area contributed by atoms with E-state index in [1.165, 1.54) is 0 Å². The Morgan fingerprint density at radius 3 is 2.94 bits per heavy atom. The number of nitrogens with zero attached hydrogens (tertiary/aromatic N) is 1. The van der Waals surface area contributed by atoms with Gasteiger partial charge in [-0.1, -0.05) is 0 Å². The maximum atomic E-state index is 10.9. The van der Waals surface area contributed by atoms with Gasteiger partial charge in [0.15, 0.2) is 17.3 Å². The summed E-state index contributed by atoms with van der Waals surface area (Å²) in [6.45, 7) is 0.230. The first kappa shape index (κ1) is 9.71. The Morgan fingerprint density at radius 1 is 1.35 bits per heavy atom. The van der Waals surface area contributed by atoms with E-state index in [1.54, 1.807) is 6.20 Å². The second kappa shape index (κ2) is 3.51. The van der Waals surface area contributed by atoms with Crippen LogP contribution < -0.4 is 15.2 Å². The van der Waals surface area contributed by atoms with Gasteiger partial charge in [-0.05, 0) is 18.2 Å². The van der Waals surface area contributed by atoms with Crippen LogP contribution in [0.1, 0.15) is 10.6 Å². The number of benzene rings is 1. The van der Waals surface area contributed by atoms with Gasteiger partial charge < -0.3 is 20.2 Å². The molecule has 0 unspecified atom stereocenters. The fraction of sp³-hybridized carbons (Fsp3) is 0.0909. The van der Waals surface area contributed by atoms with Crippen LogP contribution in [-0.4, -0.2) is 22.7 Å². The van der Waals surface area contributed by atoms with Crippen LogP contribution in [0.5, 0.6) is 11.5 Å². The summed E-state index contributed by atoms with van der Waals surface area (Å²) in [5.41, 5.74) is 6.68. The Kier molecular flexibility index (Phi) is 2.01. The van der Waals surface area contributed by atoms with E-state index < -0.39 is 5.91 Å². The van der Waals surface area contributed by atoms with Crippen molar-refractivity contribution in [3.8, 4) is 22.8 Å². The number of carbonyl (C=O) groups is 1. The molecule has 0 atom stereocenters. The van der Waals surface area contributed by atoms with Gasteiger partial charge in [-0.15, -0.1) is 0 Å². The second-order valence-corrected chi connectivity index (χ2v) is 3.58. The number of H-pyrrole nitrogens is 1. The predicted octanol–water partition coefficient (Wildman–Crippen LogP) is 0.904. The zero-order chi connectivity index (χ0) is 11.8. The van der Waals surface area contributed by atoms with Gasteiger partial charge in [0.1, 0.15) is 0 Å². The number of nitrogens with two attached hydrogens (primary N) is 1. The van der Waals surface area contributed by atoms with Crippen LogP contribution in [0.25, 0.3) is 11.3 Å². The SMILES string of the molecule is NC(=O)c1ncc(-c2ccc3c(c2)OCO3)[nH]1. The Labute approximate surface area is 96.4 Å². The number of aromatic nitrogens is 2. The topological polar surface area (TPSA) is 90.2 Å². The molecule has 0 saturated carbocycles. The van der Waals surface area contributed by atoms with E-state index in [1.807, 2.05) is 18.2 Å². The smallest absolute Gasteiger partial charge is 0.284 e. The summed E-state index contributed by atoms with van der Waals surface area (Å²) in [4.78, 5) is 17.6. The van der Waals surface area contributed by atoms with Gasteiger partial charge in [-0.3, -0.25) is 4.79 Å². The van der Waals surface area contributed by atoms with E-state index in [0.29, 0.717) is 17.2 Å². The summed E-state index contributed by atoms with van der Waals surface area (Å²) in [5.74, 6) is 0.941. The molecule has 2 aromatic rings. The summed E-state index contributed by atoms with van der Waals surface area (Å²) in [6.07, 6.45) is 1.55. The molecule has 1 aliphatic heterocycles. The molecule has 0 saturated heterocycles. The Morgan fingerprint density at radius 2 is 2.18 bits per heavy atom. The summed E-state index contributed by atoms with van der Waals surface area (Å²) in [6, 6.07) is 5.48. The minimum Gasteiger partial charge on any atom is -0.454 e. The summed E-state index contributed by atoms with van der Waals surface area (Å²) < 4.78 is 10.5. The van der Waals surface area contributed by atoms with Gasteiger partial charge in [0.2, 0.25) is 6.79 Å². The number of imidazole rings is 1. The molecule has 0 bridgehead atoms. The molecule has 6 heteroatoms. The number of rotatable bonds is 2. The zero-order valence-corrected chi connectivity index (χ0v) is 8.77. The summed E-state index contributed by atoms with van der Waals surface area (Å²) in [5, 5.41) is 0. The highest BCUT2D eigenvalue weighted by molar-refractivity contribution is 5.89. The van der Waals surface area contributed by atoms with Crippen LogP contribution in [0.2, 0.25) is 0 Å². The second-order valence-electron chi connectivity index (χ2n) is 3.58. The van der Waals surface area contributed by atoms with Crippen LogP contribution in [0, 0.1) is 0 Å². The minimum absolute atomic E-state index is 0.137. The van der Waals surface area contributed by atoms with E-state index in [0.717, 1.165) is 5.56 Å². The van der Waals surface area contributed by atoms with Gasteiger partial charge in [-0.25, -0.2) is 4.98 Å². The lowest BCUT2D eigenvalue weighted by Crippen LogP contribution is -2.12. The van der Waals surface area contributed by atoms with Crippen molar-refractivity contribution < 1.29 is 14.3 Å². The molecular weight excluding hydrogens is 222 g/mol. The van der Waals surface area contributed by atoms with Crippen molar-refractivity contribution in [1.82, 2.24) is 9.97 Å². The first-order chi connectivity index (χ1) is 8.24. The number of hydrogen-bond donors (Lipinski definition) is 2. The number of hydrogen-bond acceptors (Lipinski definition) is 4. The van der Waals surface area contributed by atoms with Crippen LogP contribution in [0.4, 0.5) is 0 Å². The first-order valence-corrected chi connectivity index (χ1v) is 4.99. The van der Waals surface area contributed by atoms with E-state index in [9.17, 15) is 4.79 Å². The molecule has 0 aliphatic carbocycles. The van der Waals surface area contributed by atoms with Crippen molar-refractivity contribution in [2.24, 2.45) is 5.73 Å². The maximum absolute atomic E-state index is 10.9. The quantitative estimate of drug-likeness (QED) is 0.803. The minimum atomic E-state index is -0.586. The van der Waals surface area contributed by atoms with Crippen LogP contribution in [0.15, 0.2) is 24.4 Å². The largest absolute Gasteiger partial charge is 0.454 e. The number of primary amides is 1. The molecule has 86 valence electrons. The third-order valence-electron chi connectivity index (χ3n) is 2.49. The van der Waals surface area contributed by atoms with Crippen molar-refractivity contribution in [3.05, 3.63) is 30.2 Å². The van der Waals surface area contributed by atoms with Crippen molar-refractivity contribution in [2.75, 3.05) is 6.79 Å². The molecular formula is C11H9N3O3. The Bertz CT molecular complexity index is 591. The third kappa shape index (κ3) is 1.59. The Hall–Kier alpha value is -2.50. The summed E-state index contributed by atoms with van der Waals surface area (Å²) >= 11 is 0. The highest BCUT2D eigenvalue weighted by atomic mass is 16.7. The molecule has 3 rings (SSSR count). The molecule has 0 spiro atoms. The average molecular weight is 231 g/mol. The van der Waals surface area contributed by atoms with Crippen molar-refractivity contribution in [2.45, 2.75) is 0 Å². The lowest BCUT2D eigenvalue weighted by atomic mass is 10.1. The van der Waals surface area contributed by atoms with Gasteiger partial charge in [-0.2, -0.15) is 0 Å². The highest BCUT2D eigenvalue weighted by Gasteiger charge is 2.15. The molecule has 1 aromatic carbocycles. The van der Waals surface area contributed by atoms with Crippen molar-refractivity contribution in [3.63, 3.8) is 0 Å². The molecule has 2 heterocycles. The first-order valence-electron chi connectivity index (χ1n) is 4.99. The van der Waals surface area contributed by atoms with Crippen LogP contribution >= 0.6 is 0 Å². The van der Waals surface area contributed by atoms with Crippen molar-refractivity contribution in [1.29, 1.82) is 0 Å². The number of fused-ring (bicyclic) bond motifs is 1. The monoisotopic (exact) mass is 231 g/mol. The van der Waals surface area contributed by atoms with Crippen LogP contribution in [-0.2, 0) is 0 Å². The third-order valence-corrected chi connectivity index (χ3v) is 2.49. The Balaban J connectivity index is 2.00.